The van der Waals surface area contributed by atoms with Crippen molar-refractivity contribution < 1.29 is 19.4 Å². The van der Waals surface area contributed by atoms with E-state index in [2.05, 4.69) is 97.1 Å². The first-order valence-corrected chi connectivity index (χ1v) is 13.8. The number of carboxylic acid groups (broad SMARTS) is 1. The van der Waals surface area contributed by atoms with Crippen LogP contribution in [0.4, 0.5) is 0 Å². The van der Waals surface area contributed by atoms with Gasteiger partial charge in [-0.1, -0.05) is 97.1 Å². The van der Waals surface area contributed by atoms with E-state index in [4.69, 9.17) is 4.74 Å². The summed E-state index contributed by atoms with van der Waals surface area (Å²) < 4.78 is 5.39. The first-order chi connectivity index (χ1) is 19.0. The molecule has 0 atom stereocenters. The lowest BCUT2D eigenvalue weighted by molar-refractivity contribution is -0.143. The van der Waals surface area contributed by atoms with E-state index < -0.39 is 16.8 Å². The molecular formula is C35H32O4. The molecule has 2 aliphatic rings. The molecule has 0 saturated heterocycles. The van der Waals surface area contributed by atoms with Crippen LogP contribution in [0.2, 0.25) is 0 Å². The second-order valence-electron chi connectivity index (χ2n) is 10.7. The van der Waals surface area contributed by atoms with Crippen molar-refractivity contribution >= 4 is 11.9 Å². The van der Waals surface area contributed by atoms with Crippen LogP contribution in [-0.4, -0.2) is 23.7 Å². The Labute approximate surface area is 229 Å². The molecule has 0 radical (unpaired) electrons. The van der Waals surface area contributed by atoms with E-state index in [9.17, 15) is 14.7 Å². The number of benzene rings is 4. The first kappa shape index (κ1) is 25.1. The highest BCUT2D eigenvalue weighted by molar-refractivity contribution is 5.85. The lowest BCUT2D eigenvalue weighted by Crippen LogP contribution is -2.38. The van der Waals surface area contributed by atoms with Crippen LogP contribution >= 0.6 is 0 Å². The number of carboxylic acids is 1. The Hall–Kier alpha value is -4.18. The number of esters is 1. The van der Waals surface area contributed by atoms with Gasteiger partial charge >= 0.3 is 11.9 Å². The minimum absolute atomic E-state index is 0.0555. The van der Waals surface area contributed by atoms with Crippen LogP contribution in [0.15, 0.2) is 97.1 Å². The number of ether oxygens (including phenoxy) is 1. The van der Waals surface area contributed by atoms with Crippen LogP contribution in [0.5, 0.6) is 0 Å². The molecule has 0 saturated carbocycles. The van der Waals surface area contributed by atoms with Gasteiger partial charge < -0.3 is 9.84 Å². The maximum atomic E-state index is 12.8. The van der Waals surface area contributed by atoms with E-state index in [1.165, 1.54) is 44.5 Å². The zero-order chi connectivity index (χ0) is 27.0. The molecule has 4 aromatic carbocycles. The third-order valence-corrected chi connectivity index (χ3v) is 8.78. The van der Waals surface area contributed by atoms with Gasteiger partial charge in [-0.05, 0) is 70.7 Å². The number of carbonyl (C=O) groups is 2. The molecule has 0 aliphatic heterocycles. The monoisotopic (exact) mass is 516 g/mol. The van der Waals surface area contributed by atoms with Crippen LogP contribution in [0, 0.1) is 0 Å². The van der Waals surface area contributed by atoms with Crippen molar-refractivity contribution in [2.24, 2.45) is 0 Å². The van der Waals surface area contributed by atoms with Crippen molar-refractivity contribution in [3.05, 3.63) is 119 Å². The van der Waals surface area contributed by atoms with Gasteiger partial charge in [-0.2, -0.15) is 0 Å². The van der Waals surface area contributed by atoms with Crippen LogP contribution in [0.25, 0.3) is 22.3 Å². The lowest BCUT2D eigenvalue weighted by atomic mass is 9.60. The molecule has 0 heterocycles. The second-order valence-corrected chi connectivity index (χ2v) is 10.7. The third kappa shape index (κ3) is 3.97. The molecule has 0 fully saturated rings. The van der Waals surface area contributed by atoms with Gasteiger partial charge in [0.05, 0.1) is 6.61 Å². The maximum absolute atomic E-state index is 12.8. The molecule has 0 aromatic heterocycles. The molecule has 0 unspecified atom stereocenters. The van der Waals surface area contributed by atoms with Crippen molar-refractivity contribution in [3.8, 4) is 22.3 Å². The summed E-state index contributed by atoms with van der Waals surface area (Å²) in [5, 5.41) is 9.90. The predicted octanol–water partition coefficient (Wildman–Crippen LogP) is 7.52. The van der Waals surface area contributed by atoms with E-state index in [0.29, 0.717) is 25.9 Å². The van der Waals surface area contributed by atoms with Gasteiger partial charge in [-0.3, -0.25) is 9.59 Å². The Morgan fingerprint density at radius 1 is 0.615 bits per heavy atom. The second kappa shape index (κ2) is 9.85. The highest BCUT2D eigenvalue weighted by atomic mass is 16.5. The third-order valence-electron chi connectivity index (χ3n) is 8.78. The van der Waals surface area contributed by atoms with E-state index in [1.807, 2.05) is 6.92 Å². The Bertz CT molecular complexity index is 1480. The molecule has 4 heteroatoms. The largest absolute Gasteiger partial charge is 0.481 e. The average Bonchev–Trinajstić information content (AvgIpc) is 3.40. The average molecular weight is 517 g/mol. The normalized spacial score (nSPS) is 15.1. The van der Waals surface area contributed by atoms with Gasteiger partial charge in [-0.25, -0.2) is 0 Å². The van der Waals surface area contributed by atoms with E-state index in [1.54, 1.807) is 0 Å². The van der Waals surface area contributed by atoms with Gasteiger partial charge in [0.25, 0.3) is 0 Å². The Balaban J connectivity index is 1.61. The Morgan fingerprint density at radius 2 is 0.974 bits per heavy atom. The summed E-state index contributed by atoms with van der Waals surface area (Å²) in [5.41, 5.74) is 8.41. The Kier molecular flexibility index (Phi) is 6.34. The molecule has 4 aromatic rings. The van der Waals surface area contributed by atoms with Crippen molar-refractivity contribution in [2.75, 3.05) is 6.61 Å². The standard InChI is InChI=1S/C35H32O4/c1-2-39-33(38)20-22-35(30-17-9-5-13-26(30)27-14-6-10-18-31(27)35)23-34(21-19-32(36)37)28-15-7-3-11-24(28)25-12-4-8-16-29(25)34/h3-18H,2,19-23H2,1H3,(H,36,37). The van der Waals surface area contributed by atoms with E-state index >= 15 is 0 Å². The zero-order valence-corrected chi connectivity index (χ0v) is 22.2. The maximum Gasteiger partial charge on any atom is 0.305 e. The lowest BCUT2D eigenvalue weighted by Gasteiger charge is -2.42. The summed E-state index contributed by atoms with van der Waals surface area (Å²) in [5.74, 6) is -1.01. The number of hydrogen-bond acceptors (Lipinski definition) is 3. The van der Waals surface area contributed by atoms with Crippen LogP contribution in [0.3, 0.4) is 0 Å². The number of fused-ring (bicyclic) bond motifs is 6. The van der Waals surface area contributed by atoms with E-state index in [0.717, 1.165) is 0 Å². The molecule has 39 heavy (non-hydrogen) atoms. The topological polar surface area (TPSA) is 63.6 Å². The van der Waals surface area contributed by atoms with Crippen molar-refractivity contribution in [2.45, 2.75) is 49.9 Å². The summed E-state index contributed by atoms with van der Waals surface area (Å²) in [6.45, 7) is 2.18. The van der Waals surface area contributed by atoms with E-state index in [-0.39, 0.29) is 18.8 Å². The minimum Gasteiger partial charge on any atom is -0.481 e. The molecule has 6 rings (SSSR count). The molecule has 0 amide bonds. The zero-order valence-electron chi connectivity index (χ0n) is 22.2. The molecule has 0 bridgehead atoms. The summed E-state index contributed by atoms with van der Waals surface area (Å²) >= 11 is 0. The number of hydrogen-bond donors (Lipinski definition) is 1. The number of rotatable bonds is 9. The summed E-state index contributed by atoms with van der Waals surface area (Å²) in [7, 11) is 0. The smallest absolute Gasteiger partial charge is 0.305 e. The van der Waals surface area contributed by atoms with Gasteiger partial charge in [-0.15, -0.1) is 0 Å². The highest BCUT2D eigenvalue weighted by Crippen LogP contribution is 2.62. The molecule has 196 valence electrons. The fraction of sp³-hybridized carbons (Fsp3) is 0.257. The van der Waals surface area contributed by atoms with Gasteiger partial charge in [0.15, 0.2) is 0 Å². The molecular weight excluding hydrogens is 484 g/mol. The minimum atomic E-state index is -0.802. The fourth-order valence-electron chi connectivity index (χ4n) is 7.31. The first-order valence-electron chi connectivity index (χ1n) is 13.8. The number of carbonyl (C=O) groups excluding carboxylic acids is 1. The predicted molar refractivity (Wildman–Crippen MR) is 153 cm³/mol. The fourth-order valence-corrected chi connectivity index (χ4v) is 7.31. The Morgan fingerprint density at radius 3 is 1.33 bits per heavy atom. The summed E-state index contributed by atoms with van der Waals surface area (Å²) in [6.07, 6.45) is 2.06. The van der Waals surface area contributed by atoms with Gasteiger partial charge in [0.2, 0.25) is 0 Å². The summed E-state index contributed by atoms with van der Waals surface area (Å²) in [4.78, 5) is 24.9. The van der Waals surface area contributed by atoms with Gasteiger partial charge in [0, 0.05) is 23.7 Å². The molecule has 4 nitrogen and oxygen atoms in total. The summed E-state index contributed by atoms with van der Waals surface area (Å²) in [6, 6.07) is 33.9. The molecule has 0 spiro atoms. The van der Waals surface area contributed by atoms with Crippen LogP contribution < -0.4 is 0 Å². The van der Waals surface area contributed by atoms with Crippen molar-refractivity contribution in [3.63, 3.8) is 0 Å². The van der Waals surface area contributed by atoms with Crippen LogP contribution in [0.1, 0.15) is 61.3 Å². The van der Waals surface area contributed by atoms with Crippen molar-refractivity contribution in [1.29, 1.82) is 0 Å². The van der Waals surface area contributed by atoms with Crippen molar-refractivity contribution in [1.82, 2.24) is 0 Å². The molecule has 1 N–H and O–H groups in total. The quantitative estimate of drug-likeness (QED) is 0.234. The number of aliphatic carboxylic acids is 1. The highest BCUT2D eigenvalue weighted by Gasteiger charge is 2.52. The molecule has 2 aliphatic carbocycles. The van der Waals surface area contributed by atoms with Gasteiger partial charge in [0.1, 0.15) is 0 Å². The SMILES string of the molecule is CCOC(=O)CCC1(CC2(CCC(=O)O)c3ccccc3-c3ccccc32)c2ccccc2-c2ccccc21. The van der Waals surface area contributed by atoms with Crippen LogP contribution in [-0.2, 0) is 25.2 Å².